The SMILES string of the molecule is CCNCCNS(=O)(=O)NCC. The molecule has 0 unspecified atom stereocenters. The van der Waals surface area contributed by atoms with E-state index in [2.05, 4.69) is 14.8 Å². The van der Waals surface area contributed by atoms with Crippen LogP contribution < -0.4 is 14.8 Å². The molecule has 0 aromatic rings. The molecule has 3 N–H and O–H groups in total. The van der Waals surface area contributed by atoms with Crippen LogP contribution in [0.5, 0.6) is 0 Å². The minimum absolute atomic E-state index is 0.413. The van der Waals surface area contributed by atoms with Crippen LogP contribution in [0.3, 0.4) is 0 Å². The second-order valence-corrected chi connectivity index (χ2v) is 3.83. The molecule has 0 heterocycles. The Morgan fingerprint density at radius 2 is 1.67 bits per heavy atom. The van der Waals surface area contributed by atoms with E-state index >= 15 is 0 Å². The number of hydrogen-bond donors (Lipinski definition) is 3. The summed E-state index contributed by atoms with van der Waals surface area (Å²) in [5.74, 6) is 0. The van der Waals surface area contributed by atoms with Crippen LogP contribution in [0, 0.1) is 0 Å². The predicted octanol–water partition coefficient (Wildman–Crippen LogP) is -0.960. The Morgan fingerprint density at radius 1 is 1.00 bits per heavy atom. The molecule has 12 heavy (non-hydrogen) atoms. The number of hydrogen-bond acceptors (Lipinski definition) is 3. The van der Waals surface area contributed by atoms with Gasteiger partial charge in [0.1, 0.15) is 0 Å². The van der Waals surface area contributed by atoms with E-state index in [1.54, 1.807) is 6.92 Å². The second-order valence-electron chi connectivity index (χ2n) is 2.25. The summed E-state index contributed by atoms with van der Waals surface area (Å²) in [5.41, 5.74) is 0. The fraction of sp³-hybridized carbons (Fsp3) is 1.00. The molecule has 5 nitrogen and oxygen atoms in total. The third-order valence-corrected chi connectivity index (χ3v) is 2.43. The lowest BCUT2D eigenvalue weighted by Crippen LogP contribution is -2.39. The molecule has 0 fully saturated rings. The summed E-state index contributed by atoms with van der Waals surface area (Å²) in [7, 11) is -3.25. The average molecular weight is 195 g/mol. The quantitative estimate of drug-likeness (QED) is 0.458. The summed E-state index contributed by atoms with van der Waals surface area (Å²) in [6.45, 7) is 6.05. The van der Waals surface area contributed by atoms with Crippen molar-refractivity contribution in [1.82, 2.24) is 14.8 Å². The molecule has 0 amide bonds. The van der Waals surface area contributed by atoms with E-state index in [0.717, 1.165) is 6.54 Å². The van der Waals surface area contributed by atoms with Crippen molar-refractivity contribution < 1.29 is 8.42 Å². The topological polar surface area (TPSA) is 70.2 Å². The van der Waals surface area contributed by atoms with E-state index in [1.807, 2.05) is 6.92 Å². The number of nitrogens with one attached hydrogen (secondary N) is 3. The van der Waals surface area contributed by atoms with E-state index in [9.17, 15) is 8.42 Å². The van der Waals surface area contributed by atoms with Crippen molar-refractivity contribution in [3.8, 4) is 0 Å². The summed E-state index contributed by atoms with van der Waals surface area (Å²) in [5, 5.41) is 3.01. The molecule has 0 spiro atoms. The summed E-state index contributed by atoms with van der Waals surface area (Å²) in [6, 6.07) is 0. The van der Waals surface area contributed by atoms with Crippen LogP contribution in [0.1, 0.15) is 13.8 Å². The second kappa shape index (κ2) is 6.36. The van der Waals surface area contributed by atoms with Gasteiger partial charge >= 0.3 is 0 Å². The van der Waals surface area contributed by atoms with Crippen LogP contribution >= 0.6 is 0 Å². The Balaban J connectivity index is 3.48. The summed E-state index contributed by atoms with van der Waals surface area (Å²) < 4.78 is 26.6. The molecule has 0 aromatic carbocycles. The first kappa shape index (κ1) is 11.8. The van der Waals surface area contributed by atoms with Crippen LogP contribution in [-0.4, -0.2) is 34.6 Å². The third-order valence-electron chi connectivity index (χ3n) is 1.18. The van der Waals surface area contributed by atoms with Crippen LogP contribution in [-0.2, 0) is 10.2 Å². The molecule has 0 bridgehead atoms. The van der Waals surface area contributed by atoms with Crippen molar-refractivity contribution in [2.24, 2.45) is 0 Å². The zero-order valence-electron chi connectivity index (χ0n) is 7.55. The minimum Gasteiger partial charge on any atom is -0.316 e. The summed E-state index contributed by atoms with van der Waals surface area (Å²) in [6.07, 6.45) is 0. The largest absolute Gasteiger partial charge is 0.316 e. The molecule has 0 aliphatic carbocycles. The molecule has 0 saturated heterocycles. The Labute approximate surface area is 74.1 Å². The highest BCUT2D eigenvalue weighted by atomic mass is 32.2. The lowest BCUT2D eigenvalue weighted by Gasteiger charge is -2.05. The molecular weight excluding hydrogens is 178 g/mol. The van der Waals surface area contributed by atoms with Crippen molar-refractivity contribution in [2.75, 3.05) is 26.2 Å². The molecule has 6 heteroatoms. The van der Waals surface area contributed by atoms with Crippen LogP contribution in [0.25, 0.3) is 0 Å². The number of likely N-dealkylation sites (N-methyl/N-ethyl adjacent to an activating group) is 1. The predicted molar refractivity (Wildman–Crippen MR) is 49.1 cm³/mol. The van der Waals surface area contributed by atoms with Crippen molar-refractivity contribution >= 4 is 10.2 Å². The van der Waals surface area contributed by atoms with Crippen LogP contribution in [0.15, 0.2) is 0 Å². The Bertz CT molecular complexity index is 191. The van der Waals surface area contributed by atoms with Crippen molar-refractivity contribution in [3.63, 3.8) is 0 Å². The fourth-order valence-electron chi connectivity index (χ4n) is 0.692. The summed E-state index contributed by atoms with van der Waals surface area (Å²) >= 11 is 0. The Kier molecular flexibility index (Phi) is 6.27. The van der Waals surface area contributed by atoms with Gasteiger partial charge in [-0.2, -0.15) is 8.42 Å². The highest BCUT2D eigenvalue weighted by Gasteiger charge is 2.04. The average Bonchev–Trinajstić information content (AvgIpc) is 1.98. The van der Waals surface area contributed by atoms with Crippen molar-refractivity contribution in [1.29, 1.82) is 0 Å². The third kappa shape index (κ3) is 6.53. The maximum Gasteiger partial charge on any atom is 0.276 e. The highest BCUT2D eigenvalue weighted by Crippen LogP contribution is 1.73. The molecule has 0 atom stereocenters. The van der Waals surface area contributed by atoms with Gasteiger partial charge in [0.2, 0.25) is 0 Å². The van der Waals surface area contributed by atoms with Gasteiger partial charge in [-0.1, -0.05) is 13.8 Å². The molecular formula is C6H17N3O2S. The molecule has 0 aliphatic heterocycles. The van der Waals surface area contributed by atoms with Gasteiger partial charge in [0.15, 0.2) is 0 Å². The fourth-order valence-corrected chi connectivity index (χ4v) is 1.54. The van der Waals surface area contributed by atoms with Gasteiger partial charge in [0, 0.05) is 19.6 Å². The van der Waals surface area contributed by atoms with Crippen LogP contribution in [0.4, 0.5) is 0 Å². The molecule has 0 saturated carbocycles. The smallest absolute Gasteiger partial charge is 0.276 e. The molecule has 74 valence electrons. The highest BCUT2D eigenvalue weighted by molar-refractivity contribution is 7.87. The van der Waals surface area contributed by atoms with Gasteiger partial charge in [-0.25, -0.2) is 9.44 Å². The van der Waals surface area contributed by atoms with E-state index < -0.39 is 10.2 Å². The number of rotatable bonds is 7. The van der Waals surface area contributed by atoms with Crippen molar-refractivity contribution in [3.05, 3.63) is 0 Å². The van der Waals surface area contributed by atoms with E-state index in [0.29, 0.717) is 19.6 Å². The minimum atomic E-state index is -3.25. The molecule has 0 aliphatic rings. The van der Waals surface area contributed by atoms with E-state index in [4.69, 9.17) is 0 Å². The maximum atomic E-state index is 10.9. The Morgan fingerprint density at radius 3 is 2.17 bits per heavy atom. The first-order valence-corrected chi connectivity index (χ1v) is 5.55. The standard InChI is InChI=1S/C6H17N3O2S/c1-3-7-5-6-9-12(10,11)8-4-2/h7-9H,3-6H2,1-2H3. The zero-order valence-corrected chi connectivity index (χ0v) is 8.37. The monoisotopic (exact) mass is 195 g/mol. The molecule has 0 radical (unpaired) electrons. The molecule has 0 aromatic heterocycles. The summed E-state index contributed by atoms with van der Waals surface area (Å²) in [4.78, 5) is 0. The van der Waals surface area contributed by atoms with Crippen molar-refractivity contribution in [2.45, 2.75) is 13.8 Å². The first-order chi connectivity index (χ1) is 5.62. The first-order valence-electron chi connectivity index (χ1n) is 4.07. The molecule has 0 rings (SSSR count). The van der Waals surface area contributed by atoms with Gasteiger partial charge in [-0.05, 0) is 6.54 Å². The normalized spacial score (nSPS) is 11.8. The van der Waals surface area contributed by atoms with E-state index in [1.165, 1.54) is 0 Å². The van der Waals surface area contributed by atoms with E-state index in [-0.39, 0.29) is 0 Å². The van der Waals surface area contributed by atoms with Gasteiger partial charge in [0.05, 0.1) is 0 Å². The van der Waals surface area contributed by atoms with Crippen LogP contribution in [0.2, 0.25) is 0 Å². The lowest BCUT2D eigenvalue weighted by atomic mass is 10.6. The maximum absolute atomic E-state index is 10.9. The van der Waals surface area contributed by atoms with Gasteiger partial charge in [-0.15, -0.1) is 0 Å². The lowest BCUT2D eigenvalue weighted by molar-refractivity contribution is 0.565. The Hall–Kier alpha value is -0.170. The van der Waals surface area contributed by atoms with Gasteiger partial charge < -0.3 is 5.32 Å². The zero-order chi connectivity index (χ0) is 9.45. The van der Waals surface area contributed by atoms with Gasteiger partial charge in [0.25, 0.3) is 10.2 Å². The van der Waals surface area contributed by atoms with Gasteiger partial charge in [-0.3, -0.25) is 0 Å².